The third kappa shape index (κ3) is 2.42. The predicted octanol–water partition coefficient (Wildman–Crippen LogP) is 1.41. The average molecular weight is 247 g/mol. The highest BCUT2D eigenvalue weighted by molar-refractivity contribution is 5.51. The zero-order valence-electron chi connectivity index (χ0n) is 10.6. The molecular weight excluding hydrogens is 226 g/mol. The summed E-state index contributed by atoms with van der Waals surface area (Å²) >= 11 is 0. The summed E-state index contributed by atoms with van der Waals surface area (Å²) in [6.07, 6.45) is 7.00. The number of rotatable bonds is 3. The molecule has 5 nitrogen and oxygen atoms in total. The number of nitrogen functional groups attached to an aromatic ring is 1. The molecule has 3 heterocycles. The summed E-state index contributed by atoms with van der Waals surface area (Å²) < 4.78 is 0. The number of anilines is 2. The van der Waals surface area contributed by atoms with Crippen LogP contribution >= 0.6 is 0 Å². The van der Waals surface area contributed by atoms with E-state index in [1.807, 2.05) is 12.1 Å². The van der Waals surface area contributed by atoms with Crippen LogP contribution in [0.3, 0.4) is 0 Å². The number of pyridine rings is 1. The molecule has 3 rings (SSSR count). The lowest BCUT2D eigenvalue weighted by Crippen LogP contribution is -2.42. The highest BCUT2D eigenvalue weighted by Crippen LogP contribution is 2.28. The van der Waals surface area contributed by atoms with Gasteiger partial charge < -0.3 is 15.6 Å². The van der Waals surface area contributed by atoms with Gasteiger partial charge in [0.1, 0.15) is 5.82 Å². The fourth-order valence-corrected chi connectivity index (χ4v) is 3.19. The number of nitrogens with zero attached hydrogens (tertiary/aromatic N) is 2. The normalized spacial score (nSPS) is 27.8. The van der Waals surface area contributed by atoms with Crippen molar-refractivity contribution in [2.75, 3.05) is 23.8 Å². The number of piperidine rings is 1. The maximum Gasteiger partial charge on any atom is 0.141 e. The van der Waals surface area contributed by atoms with Crippen molar-refractivity contribution in [3.05, 3.63) is 18.3 Å². The molecule has 0 saturated carbocycles. The van der Waals surface area contributed by atoms with E-state index in [0.717, 1.165) is 11.7 Å². The lowest BCUT2D eigenvalue weighted by atomic mass is 9.97. The van der Waals surface area contributed by atoms with Crippen LogP contribution in [0.15, 0.2) is 18.3 Å². The van der Waals surface area contributed by atoms with Crippen LogP contribution in [0, 0.1) is 0 Å². The van der Waals surface area contributed by atoms with Gasteiger partial charge in [-0.15, -0.1) is 0 Å². The highest BCUT2D eigenvalue weighted by atomic mass is 15.2. The standard InChI is InChI=1S/C13H21N5/c14-17-13-9-10(3-5-15-13)16-11-4-7-18-6-1-2-12(18)8-11/h3,5,9,11-12H,1-2,4,6-8,14H2,(H2,15,16,17). The smallest absolute Gasteiger partial charge is 0.141 e. The first-order valence-electron chi connectivity index (χ1n) is 6.78. The number of nitrogens with two attached hydrogens (primary N) is 1. The molecule has 2 atom stereocenters. The van der Waals surface area contributed by atoms with Crippen LogP contribution < -0.4 is 16.6 Å². The van der Waals surface area contributed by atoms with Gasteiger partial charge in [0.05, 0.1) is 0 Å². The molecule has 2 saturated heterocycles. The Balaban J connectivity index is 1.62. The lowest BCUT2D eigenvalue weighted by Gasteiger charge is -2.35. The van der Waals surface area contributed by atoms with Crippen molar-refractivity contribution in [2.45, 2.75) is 37.8 Å². The monoisotopic (exact) mass is 247 g/mol. The number of hydrogen-bond acceptors (Lipinski definition) is 5. The molecular formula is C13H21N5. The van der Waals surface area contributed by atoms with E-state index in [1.165, 1.54) is 38.8 Å². The summed E-state index contributed by atoms with van der Waals surface area (Å²) in [6, 6.07) is 5.34. The molecule has 2 unspecified atom stereocenters. The van der Waals surface area contributed by atoms with E-state index in [0.29, 0.717) is 11.9 Å². The molecule has 0 aliphatic carbocycles. The van der Waals surface area contributed by atoms with Gasteiger partial charge in [-0.3, -0.25) is 0 Å². The number of hydrazine groups is 1. The third-order valence-electron chi connectivity index (χ3n) is 4.10. The van der Waals surface area contributed by atoms with Gasteiger partial charge in [-0.2, -0.15) is 0 Å². The summed E-state index contributed by atoms with van der Waals surface area (Å²) in [5.74, 6) is 6.08. The van der Waals surface area contributed by atoms with Crippen molar-refractivity contribution in [1.29, 1.82) is 0 Å². The van der Waals surface area contributed by atoms with E-state index < -0.39 is 0 Å². The Morgan fingerprint density at radius 3 is 3.17 bits per heavy atom. The van der Waals surface area contributed by atoms with Gasteiger partial charge in [0.2, 0.25) is 0 Å². The first-order chi connectivity index (χ1) is 8.85. The zero-order valence-corrected chi connectivity index (χ0v) is 10.6. The van der Waals surface area contributed by atoms with Crippen molar-refractivity contribution >= 4 is 11.5 Å². The van der Waals surface area contributed by atoms with Gasteiger partial charge in [-0.25, -0.2) is 10.8 Å². The minimum absolute atomic E-state index is 0.581. The molecule has 2 aliphatic rings. The Bertz CT molecular complexity index is 408. The Hall–Kier alpha value is -1.33. The first-order valence-corrected chi connectivity index (χ1v) is 6.78. The van der Waals surface area contributed by atoms with Crippen LogP contribution in [-0.4, -0.2) is 35.1 Å². The SMILES string of the molecule is NNc1cc(NC2CCN3CCCC3C2)ccn1. The van der Waals surface area contributed by atoms with Gasteiger partial charge in [0.15, 0.2) is 0 Å². The van der Waals surface area contributed by atoms with Gasteiger partial charge >= 0.3 is 0 Å². The molecule has 4 N–H and O–H groups in total. The quantitative estimate of drug-likeness (QED) is 0.556. The Morgan fingerprint density at radius 1 is 1.33 bits per heavy atom. The summed E-state index contributed by atoms with van der Waals surface area (Å²) in [5, 5.41) is 3.61. The molecule has 0 radical (unpaired) electrons. The van der Waals surface area contributed by atoms with Gasteiger partial charge in [-0.1, -0.05) is 0 Å². The topological polar surface area (TPSA) is 66.2 Å². The molecule has 0 aromatic carbocycles. The Labute approximate surface area is 108 Å². The van der Waals surface area contributed by atoms with Crippen LogP contribution in [0.25, 0.3) is 0 Å². The minimum Gasteiger partial charge on any atom is -0.382 e. The zero-order chi connectivity index (χ0) is 12.4. The Morgan fingerprint density at radius 2 is 2.28 bits per heavy atom. The maximum absolute atomic E-state index is 5.37. The molecule has 18 heavy (non-hydrogen) atoms. The van der Waals surface area contributed by atoms with Crippen LogP contribution in [-0.2, 0) is 0 Å². The fourth-order valence-electron chi connectivity index (χ4n) is 3.19. The van der Waals surface area contributed by atoms with E-state index in [2.05, 4.69) is 20.6 Å². The Kier molecular flexibility index (Phi) is 3.34. The van der Waals surface area contributed by atoms with Crippen LogP contribution in [0.4, 0.5) is 11.5 Å². The van der Waals surface area contributed by atoms with Crippen molar-refractivity contribution in [2.24, 2.45) is 5.84 Å². The van der Waals surface area contributed by atoms with E-state index >= 15 is 0 Å². The molecule has 2 fully saturated rings. The van der Waals surface area contributed by atoms with Crippen LogP contribution in [0.2, 0.25) is 0 Å². The second kappa shape index (κ2) is 5.12. The van der Waals surface area contributed by atoms with Crippen molar-refractivity contribution in [3.8, 4) is 0 Å². The predicted molar refractivity (Wildman–Crippen MR) is 73.3 cm³/mol. The van der Waals surface area contributed by atoms with Crippen LogP contribution in [0.5, 0.6) is 0 Å². The number of hydrogen-bond donors (Lipinski definition) is 3. The largest absolute Gasteiger partial charge is 0.382 e. The summed E-state index contributed by atoms with van der Waals surface area (Å²) in [6.45, 7) is 2.53. The molecule has 2 aliphatic heterocycles. The van der Waals surface area contributed by atoms with Crippen molar-refractivity contribution in [3.63, 3.8) is 0 Å². The van der Waals surface area contributed by atoms with E-state index in [-0.39, 0.29) is 0 Å². The number of fused-ring (bicyclic) bond motifs is 1. The maximum atomic E-state index is 5.37. The molecule has 98 valence electrons. The number of nitrogens with one attached hydrogen (secondary N) is 2. The molecule has 0 bridgehead atoms. The van der Waals surface area contributed by atoms with E-state index in [1.54, 1.807) is 6.20 Å². The van der Waals surface area contributed by atoms with E-state index in [9.17, 15) is 0 Å². The second-order valence-electron chi connectivity index (χ2n) is 5.27. The van der Waals surface area contributed by atoms with Crippen LogP contribution in [0.1, 0.15) is 25.7 Å². The molecule has 1 aromatic rings. The minimum atomic E-state index is 0.581. The third-order valence-corrected chi connectivity index (χ3v) is 4.10. The molecule has 0 spiro atoms. The fraction of sp³-hybridized carbons (Fsp3) is 0.615. The number of aromatic nitrogens is 1. The van der Waals surface area contributed by atoms with Gasteiger partial charge in [-0.05, 0) is 38.3 Å². The molecule has 0 amide bonds. The summed E-state index contributed by atoms with van der Waals surface area (Å²) in [7, 11) is 0. The van der Waals surface area contributed by atoms with Crippen molar-refractivity contribution in [1.82, 2.24) is 9.88 Å². The van der Waals surface area contributed by atoms with Gasteiger partial charge in [0, 0.05) is 36.6 Å². The van der Waals surface area contributed by atoms with E-state index in [4.69, 9.17) is 5.84 Å². The highest BCUT2D eigenvalue weighted by Gasteiger charge is 2.31. The lowest BCUT2D eigenvalue weighted by molar-refractivity contribution is 0.188. The first kappa shape index (κ1) is 11.7. The summed E-state index contributed by atoms with van der Waals surface area (Å²) in [4.78, 5) is 6.76. The average Bonchev–Trinajstić information content (AvgIpc) is 2.86. The second-order valence-corrected chi connectivity index (χ2v) is 5.27. The summed E-state index contributed by atoms with van der Waals surface area (Å²) in [5.41, 5.74) is 3.69. The van der Waals surface area contributed by atoms with Crippen molar-refractivity contribution < 1.29 is 0 Å². The molecule has 5 heteroatoms. The van der Waals surface area contributed by atoms with Gasteiger partial charge in [0.25, 0.3) is 0 Å². The molecule has 1 aromatic heterocycles.